The Hall–Kier alpha value is -1.14. The number of nitrogens with one attached hydrogen (secondary N) is 2. The predicted molar refractivity (Wildman–Crippen MR) is 87.2 cm³/mol. The largest absolute Gasteiger partial charge is 0.388 e. The lowest BCUT2D eigenvalue weighted by atomic mass is 9.94. The minimum atomic E-state index is -0.726. The summed E-state index contributed by atoms with van der Waals surface area (Å²) in [6.07, 6.45) is 1.59. The first kappa shape index (κ1) is 17.2. The van der Waals surface area contributed by atoms with Crippen LogP contribution in [0.5, 0.6) is 0 Å². The summed E-state index contributed by atoms with van der Waals surface area (Å²) >= 11 is 5.88. The second-order valence-corrected chi connectivity index (χ2v) is 6.32. The van der Waals surface area contributed by atoms with E-state index in [1.807, 2.05) is 6.92 Å². The van der Waals surface area contributed by atoms with E-state index in [2.05, 4.69) is 10.6 Å². The van der Waals surface area contributed by atoms with Crippen molar-refractivity contribution in [1.82, 2.24) is 5.32 Å². The summed E-state index contributed by atoms with van der Waals surface area (Å²) in [4.78, 5) is 12.0. The third-order valence-corrected chi connectivity index (χ3v) is 4.04. The zero-order valence-electron chi connectivity index (χ0n) is 12.8. The van der Waals surface area contributed by atoms with Gasteiger partial charge in [-0.05, 0) is 25.1 Å². The van der Waals surface area contributed by atoms with Crippen molar-refractivity contribution in [3.63, 3.8) is 0 Å². The molecule has 1 atom stereocenters. The van der Waals surface area contributed by atoms with Gasteiger partial charge in [0.2, 0.25) is 5.91 Å². The second-order valence-electron chi connectivity index (χ2n) is 5.88. The number of hydrogen-bond donors (Lipinski definition) is 3. The van der Waals surface area contributed by atoms with Gasteiger partial charge in [0.1, 0.15) is 0 Å². The van der Waals surface area contributed by atoms with Crippen LogP contribution < -0.4 is 10.6 Å². The van der Waals surface area contributed by atoms with Crippen molar-refractivity contribution < 1.29 is 14.6 Å². The van der Waals surface area contributed by atoms with E-state index >= 15 is 0 Å². The van der Waals surface area contributed by atoms with Crippen LogP contribution in [-0.2, 0) is 9.53 Å². The van der Waals surface area contributed by atoms with Crippen molar-refractivity contribution in [2.24, 2.45) is 0 Å². The molecule has 1 aliphatic rings. The minimum absolute atomic E-state index is 0.0222. The van der Waals surface area contributed by atoms with Crippen molar-refractivity contribution in [2.75, 3.05) is 25.1 Å². The van der Waals surface area contributed by atoms with Gasteiger partial charge >= 0.3 is 0 Å². The second kappa shape index (κ2) is 7.92. The van der Waals surface area contributed by atoms with Crippen molar-refractivity contribution >= 4 is 23.2 Å². The first-order valence-electron chi connectivity index (χ1n) is 7.56. The molecule has 6 heteroatoms. The fourth-order valence-corrected chi connectivity index (χ4v) is 2.61. The number of carbonyl (C=O) groups excluding carboxylic acids is 1. The molecule has 2 rings (SSSR count). The lowest BCUT2D eigenvalue weighted by Gasteiger charge is -2.33. The Morgan fingerprint density at radius 1 is 1.45 bits per heavy atom. The van der Waals surface area contributed by atoms with E-state index in [0.717, 1.165) is 0 Å². The van der Waals surface area contributed by atoms with E-state index in [1.54, 1.807) is 24.3 Å². The van der Waals surface area contributed by atoms with E-state index < -0.39 is 5.60 Å². The van der Waals surface area contributed by atoms with Crippen molar-refractivity contribution in [3.8, 4) is 0 Å². The highest BCUT2D eigenvalue weighted by Gasteiger charge is 2.29. The Bertz CT molecular complexity index is 504. The van der Waals surface area contributed by atoms with Crippen LogP contribution in [0.1, 0.15) is 26.2 Å². The maximum Gasteiger partial charge on any atom is 0.225 e. The van der Waals surface area contributed by atoms with Gasteiger partial charge in [0, 0.05) is 55.8 Å². The maximum atomic E-state index is 12.0. The fraction of sp³-hybridized carbons (Fsp3) is 0.562. The quantitative estimate of drug-likeness (QED) is 0.749. The number of anilines is 1. The van der Waals surface area contributed by atoms with Crippen LogP contribution >= 0.6 is 11.6 Å². The first-order chi connectivity index (χ1) is 10.5. The Balaban J connectivity index is 1.74. The molecule has 0 bridgehead atoms. The molecule has 1 aliphatic heterocycles. The van der Waals surface area contributed by atoms with Gasteiger partial charge in [0.25, 0.3) is 0 Å². The number of halogens is 1. The molecule has 5 nitrogen and oxygen atoms in total. The summed E-state index contributed by atoms with van der Waals surface area (Å²) < 4.78 is 5.25. The van der Waals surface area contributed by atoms with Gasteiger partial charge in [0.15, 0.2) is 0 Å². The monoisotopic (exact) mass is 326 g/mol. The summed E-state index contributed by atoms with van der Waals surface area (Å²) in [5, 5.41) is 17.0. The molecule has 1 aromatic rings. The number of rotatable bonds is 6. The molecule has 122 valence electrons. The van der Waals surface area contributed by atoms with Crippen LogP contribution in [0.2, 0.25) is 5.02 Å². The Morgan fingerprint density at radius 3 is 2.86 bits per heavy atom. The normalized spacial score (nSPS) is 18.7. The van der Waals surface area contributed by atoms with Gasteiger partial charge in [-0.1, -0.05) is 17.7 Å². The summed E-state index contributed by atoms with van der Waals surface area (Å²) in [5.74, 6) is -0.0822. The third kappa shape index (κ3) is 5.57. The van der Waals surface area contributed by atoms with Gasteiger partial charge in [-0.15, -0.1) is 0 Å². The molecule has 1 saturated heterocycles. The molecule has 0 saturated carbocycles. The van der Waals surface area contributed by atoms with Crippen molar-refractivity contribution in [3.05, 3.63) is 29.3 Å². The standard InChI is InChI=1S/C16H23ClN2O3/c1-12(18-11-16(21)5-7-22-8-6-16)9-15(20)19-14-4-2-3-13(17)10-14/h2-4,10,12,18,21H,5-9,11H2,1H3,(H,19,20). The van der Waals surface area contributed by atoms with Gasteiger partial charge in [-0.2, -0.15) is 0 Å². The van der Waals surface area contributed by atoms with Crippen LogP contribution in [0.4, 0.5) is 5.69 Å². The molecule has 0 aromatic heterocycles. The molecule has 1 aromatic carbocycles. The molecular formula is C16H23ClN2O3. The van der Waals surface area contributed by atoms with Crippen LogP contribution in [0.25, 0.3) is 0 Å². The van der Waals surface area contributed by atoms with Crippen molar-refractivity contribution in [1.29, 1.82) is 0 Å². The number of carbonyl (C=O) groups is 1. The van der Waals surface area contributed by atoms with Gasteiger partial charge < -0.3 is 20.5 Å². The minimum Gasteiger partial charge on any atom is -0.388 e. The van der Waals surface area contributed by atoms with E-state index in [4.69, 9.17) is 16.3 Å². The zero-order valence-corrected chi connectivity index (χ0v) is 13.5. The average Bonchev–Trinajstić information content (AvgIpc) is 2.46. The highest BCUT2D eigenvalue weighted by molar-refractivity contribution is 6.30. The lowest BCUT2D eigenvalue weighted by Crippen LogP contribution is -2.47. The van der Waals surface area contributed by atoms with Crippen LogP contribution in [0.3, 0.4) is 0 Å². The highest BCUT2D eigenvalue weighted by atomic mass is 35.5. The third-order valence-electron chi connectivity index (χ3n) is 3.80. The Kier molecular flexibility index (Phi) is 6.20. The maximum absolute atomic E-state index is 12.0. The lowest BCUT2D eigenvalue weighted by molar-refractivity contribution is -0.116. The number of aliphatic hydroxyl groups is 1. The molecule has 0 aliphatic carbocycles. The smallest absolute Gasteiger partial charge is 0.225 e. The first-order valence-corrected chi connectivity index (χ1v) is 7.94. The van der Waals surface area contributed by atoms with E-state index in [0.29, 0.717) is 49.7 Å². The number of amides is 1. The highest BCUT2D eigenvalue weighted by Crippen LogP contribution is 2.19. The molecule has 0 radical (unpaired) electrons. The molecule has 0 spiro atoms. The number of ether oxygens (including phenoxy) is 1. The van der Waals surface area contributed by atoms with Crippen LogP contribution in [-0.4, -0.2) is 42.4 Å². The van der Waals surface area contributed by atoms with Crippen LogP contribution in [0, 0.1) is 0 Å². The van der Waals surface area contributed by atoms with E-state index in [-0.39, 0.29) is 11.9 Å². The van der Waals surface area contributed by atoms with E-state index in [9.17, 15) is 9.90 Å². The number of benzene rings is 1. The van der Waals surface area contributed by atoms with Gasteiger partial charge in [-0.3, -0.25) is 4.79 Å². The SMILES string of the molecule is CC(CC(=O)Nc1cccc(Cl)c1)NCC1(O)CCOCC1. The predicted octanol–water partition coefficient (Wildman–Crippen LogP) is 2.19. The number of hydrogen-bond acceptors (Lipinski definition) is 4. The summed E-state index contributed by atoms with van der Waals surface area (Å²) in [7, 11) is 0. The van der Waals surface area contributed by atoms with Crippen molar-refractivity contribution in [2.45, 2.75) is 37.8 Å². The molecule has 1 heterocycles. The summed E-state index contributed by atoms with van der Waals surface area (Å²) in [6, 6.07) is 7.04. The summed E-state index contributed by atoms with van der Waals surface area (Å²) in [6.45, 7) is 3.58. The van der Waals surface area contributed by atoms with Gasteiger partial charge in [0.05, 0.1) is 5.60 Å². The zero-order chi connectivity index (χ0) is 16.0. The molecule has 1 amide bonds. The average molecular weight is 327 g/mol. The molecule has 1 fully saturated rings. The van der Waals surface area contributed by atoms with E-state index in [1.165, 1.54) is 0 Å². The fourth-order valence-electron chi connectivity index (χ4n) is 2.42. The van der Waals surface area contributed by atoms with Gasteiger partial charge in [-0.25, -0.2) is 0 Å². The molecule has 3 N–H and O–H groups in total. The summed E-state index contributed by atoms with van der Waals surface area (Å²) in [5.41, 5.74) is -0.0385. The molecule has 1 unspecified atom stereocenters. The topological polar surface area (TPSA) is 70.6 Å². The molecular weight excluding hydrogens is 304 g/mol. The Labute approximate surface area is 136 Å². The van der Waals surface area contributed by atoms with Crippen LogP contribution in [0.15, 0.2) is 24.3 Å². The molecule has 22 heavy (non-hydrogen) atoms. The Morgan fingerprint density at radius 2 is 2.18 bits per heavy atom.